The molecular formula is C16H16N6O2S2. The van der Waals surface area contributed by atoms with Crippen molar-refractivity contribution in [2.24, 2.45) is 0 Å². The summed E-state index contributed by atoms with van der Waals surface area (Å²) in [5.41, 5.74) is 0.891. The van der Waals surface area contributed by atoms with Crippen LogP contribution in [0.15, 0.2) is 32.8 Å². The molecule has 4 aromatic heterocycles. The van der Waals surface area contributed by atoms with Gasteiger partial charge in [-0.05, 0) is 48.9 Å². The molecule has 0 radical (unpaired) electrons. The summed E-state index contributed by atoms with van der Waals surface area (Å²) in [7, 11) is 0. The van der Waals surface area contributed by atoms with E-state index in [1.165, 1.54) is 11.8 Å². The monoisotopic (exact) mass is 388 g/mol. The van der Waals surface area contributed by atoms with Crippen LogP contribution in [0.5, 0.6) is 0 Å². The fraction of sp³-hybridized carbons (Fsp3) is 0.312. The van der Waals surface area contributed by atoms with Crippen molar-refractivity contribution < 1.29 is 4.42 Å². The lowest BCUT2D eigenvalue weighted by molar-refractivity contribution is 0.462. The Morgan fingerprint density at radius 1 is 1.42 bits per heavy atom. The predicted octanol–water partition coefficient (Wildman–Crippen LogP) is 3.08. The van der Waals surface area contributed by atoms with Gasteiger partial charge < -0.3 is 9.40 Å². The van der Waals surface area contributed by atoms with Crippen LogP contribution in [0.1, 0.15) is 34.2 Å². The zero-order valence-electron chi connectivity index (χ0n) is 14.4. The van der Waals surface area contributed by atoms with Crippen molar-refractivity contribution in [3.8, 4) is 0 Å². The molecular weight excluding hydrogens is 372 g/mol. The Bertz CT molecular complexity index is 1110. The van der Waals surface area contributed by atoms with Crippen molar-refractivity contribution in [1.82, 2.24) is 30.2 Å². The average Bonchev–Trinajstić information content (AvgIpc) is 3.32. The Balaban J connectivity index is 1.61. The minimum Gasteiger partial charge on any atom is -0.467 e. The third-order valence-corrected chi connectivity index (χ3v) is 6.29. The van der Waals surface area contributed by atoms with Crippen molar-refractivity contribution >= 4 is 33.3 Å². The standard InChI is InChI=1S/C16H16N6O2S2/c1-8-9(2)25-15-12(8)14(23)17-13(18-15)10(3)26-16-19-20-21-22(16)7-11-5-4-6-24-11/h4-6,10H,7H2,1-3H3,(H,17,18,23). The third-order valence-electron chi connectivity index (χ3n) is 4.11. The summed E-state index contributed by atoms with van der Waals surface area (Å²) in [4.78, 5) is 21.9. The van der Waals surface area contributed by atoms with Crippen LogP contribution in [0.3, 0.4) is 0 Å². The van der Waals surface area contributed by atoms with E-state index >= 15 is 0 Å². The number of furan rings is 1. The lowest BCUT2D eigenvalue weighted by Gasteiger charge is -2.10. The van der Waals surface area contributed by atoms with Crippen LogP contribution >= 0.6 is 23.1 Å². The van der Waals surface area contributed by atoms with Crippen LogP contribution in [-0.4, -0.2) is 30.2 Å². The van der Waals surface area contributed by atoms with E-state index in [-0.39, 0.29) is 10.8 Å². The van der Waals surface area contributed by atoms with Gasteiger partial charge in [0.15, 0.2) is 0 Å². The molecule has 0 fully saturated rings. The van der Waals surface area contributed by atoms with Gasteiger partial charge in [0, 0.05) is 4.88 Å². The lowest BCUT2D eigenvalue weighted by atomic mass is 10.2. The summed E-state index contributed by atoms with van der Waals surface area (Å²) in [6.45, 7) is 6.36. The van der Waals surface area contributed by atoms with E-state index in [1.54, 1.807) is 22.3 Å². The van der Waals surface area contributed by atoms with E-state index in [9.17, 15) is 4.79 Å². The maximum absolute atomic E-state index is 12.5. The number of aromatic nitrogens is 6. The first-order valence-electron chi connectivity index (χ1n) is 7.98. The number of hydrogen-bond donors (Lipinski definition) is 1. The Kier molecular flexibility index (Phi) is 4.37. The summed E-state index contributed by atoms with van der Waals surface area (Å²) in [5.74, 6) is 1.38. The molecule has 0 spiro atoms. The minimum atomic E-state index is -0.115. The van der Waals surface area contributed by atoms with Gasteiger partial charge in [0.2, 0.25) is 5.16 Å². The Labute approximate surface area is 156 Å². The molecule has 4 aromatic rings. The molecule has 0 saturated heterocycles. The zero-order chi connectivity index (χ0) is 18.3. The Hall–Kier alpha value is -2.46. The Morgan fingerprint density at radius 2 is 2.27 bits per heavy atom. The van der Waals surface area contributed by atoms with Gasteiger partial charge in [0.25, 0.3) is 5.56 Å². The topological polar surface area (TPSA) is 102 Å². The summed E-state index contributed by atoms with van der Waals surface area (Å²) < 4.78 is 7.01. The van der Waals surface area contributed by atoms with E-state index in [4.69, 9.17) is 4.42 Å². The highest BCUT2D eigenvalue weighted by Crippen LogP contribution is 2.33. The lowest BCUT2D eigenvalue weighted by Crippen LogP contribution is -2.13. The van der Waals surface area contributed by atoms with Gasteiger partial charge in [-0.1, -0.05) is 11.8 Å². The molecule has 1 unspecified atom stereocenters. The number of hydrogen-bond acceptors (Lipinski definition) is 8. The van der Waals surface area contributed by atoms with Crippen LogP contribution in [0.25, 0.3) is 10.2 Å². The summed E-state index contributed by atoms with van der Waals surface area (Å²) in [6, 6.07) is 3.69. The van der Waals surface area contributed by atoms with Gasteiger partial charge in [-0.15, -0.1) is 16.4 Å². The second-order valence-electron chi connectivity index (χ2n) is 5.87. The highest BCUT2D eigenvalue weighted by molar-refractivity contribution is 7.99. The molecule has 0 bridgehead atoms. The number of nitrogens with zero attached hydrogens (tertiary/aromatic N) is 5. The molecule has 1 atom stereocenters. The van der Waals surface area contributed by atoms with Gasteiger partial charge in [-0.25, -0.2) is 9.67 Å². The maximum atomic E-state index is 12.5. The van der Waals surface area contributed by atoms with Gasteiger partial charge in [0.05, 0.1) is 16.9 Å². The van der Waals surface area contributed by atoms with E-state index in [0.29, 0.717) is 22.9 Å². The first kappa shape index (κ1) is 17.0. The number of tetrazole rings is 1. The largest absolute Gasteiger partial charge is 0.467 e. The van der Waals surface area contributed by atoms with Crippen molar-refractivity contribution in [2.75, 3.05) is 0 Å². The van der Waals surface area contributed by atoms with E-state index in [1.807, 2.05) is 32.9 Å². The van der Waals surface area contributed by atoms with Gasteiger partial charge in [-0.3, -0.25) is 4.79 Å². The fourth-order valence-electron chi connectivity index (χ4n) is 2.61. The minimum absolute atomic E-state index is 0.102. The summed E-state index contributed by atoms with van der Waals surface area (Å²) >= 11 is 2.98. The van der Waals surface area contributed by atoms with Crippen LogP contribution < -0.4 is 5.56 Å². The van der Waals surface area contributed by atoms with Crippen molar-refractivity contribution in [2.45, 2.75) is 37.7 Å². The Morgan fingerprint density at radius 3 is 3.04 bits per heavy atom. The molecule has 4 heterocycles. The first-order valence-corrected chi connectivity index (χ1v) is 9.67. The second-order valence-corrected chi connectivity index (χ2v) is 8.38. The van der Waals surface area contributed by atoms with Gasteiger partial charge in [-0.2, -0.15) is 0 Å². The number of aryl methyl sites for hydroxylation is 2. The molecule has 0 aliphatic carbocycles. The molecule has 0 aliphatic heterocycles. The van der Waals surface area contributed by atoms with E-state index in [0.717, 1.165) is 21.0 Å². The number of thiophene rings is 1. The molecule has 4 rings (SSSR count). The van der Waals surface area contributed by atoms with Crippen molar-refractivity contribution in [3.05, 3.63) is 50.8 Å². The van der Waals surface area contributed by atoms with Crippen LogP contribution in [0.4, 0.5) is 0 Å². The highest BCUT2D eigenvalue weighted by atomic mass is 32.2. The van der Waals surface area contributed by atoms with E-state index < -0.39 is 0 Å². The van der Waals surface area contributed by atoms with Crippen LogP contribution in [0.2, 0.25) is 0 Å². The molecule has 10 heteroatoms. The molecule has 26 heavy (non-hydrogen) atoms. The first-order chi connectivity index (χ1) is 12.5. The van der Waals surface area contributed by atoms with E-state index in [2.05, 4.69) is 25.5 Å². The van der Waals surface area contributed by atoms with Gasteiger partial charge in [0.1, 0.15) is 23.0 Å². The quantitative estimate of drug-likeness (QED) is 0.524. The molecule has 0 saturated carbocycles. The highest BCUT2D eigenvalue weighted by Gasteiger charge is 2.19. The molecule has 0 amide bonds. The molecule has 134 valence electrons. The summed E-state index contributed by atoms with van der Waals surface area (Å²) in [5, 5.41) is 13.0. The zero-order valence-corrected chi connectivity index (χ0v) is 16.0. The normalized spacial score (nSPS) is 12.7. The average molecular weight is 388 g/mol. The number of rotatable bonds is 5. The molecule has 0 aromatic carbocycles. The SMILES string of the molecule is Cc1sc2nc(C(C)Sc3nnnn3Cc3ccco3)[nH]c(=O)c2c1C. The molecule has 8 nitrogen and oxygen atoms in total. The van der Waals surface area contributed by atoms with Crippen LogP contribution in [-0.2, 0) is 6.54 Å². The third kappa shape index (κ3) is 3.06. The fourth-order valence-corrected chi connectivity index (χ4v) is 4.49. The van der Waals surface area contributed by atoms with Crippen molar-refractivity contribution in [3.63, 3.8) is 0 Å². The number of thioether (sulfide) groups is 1. The predicted molar refractivity (Wildman–Crippen MR) is 99.6 cm³/mol. The number of fused-ring (bicyclic) bond motifs is 1. The molecule has 0 aliphatic rings. The molecule has 1 N–H and O–H groups in total. The van der Waals surface area contributed by atoms with Crippen LogP contribution in [0, 0.1) is 13.8 Å². The number of nitrogens with one attached hydrogen (secondary N) is 1. The van der Waals surface area contributed by atoms with Gasteiger partial charge >= 0.3 is 0 Å². The number of H-pyrrole nitrogens is 1. The smallest absolute Gasteiger partial charge is 0.259 e. The van der Waals surface area contributed by atoms with Crippen molar-refractivity contribution in [1.29, 1.82) is 0 Å². The number of aromatic amines is 1. The second kappa shape index (κ2) is 6.69. The summed E-state index contributed by atoms with van der Waals surface area (Å²) in [6.07, 6.45) is 1.62. The maximum Gasteiger partial charge on any atom is 0.259 e.